The molecule has 3 rings (SSSR count). The van der Waals surface area contributed by atoms with E-state index in [-0.39, 0.29) is 11.7 Å². The number of aryl methyl sites for hydroxylation is 1. The van der Waals surface area contributed by atoms with Crippen molar-refractivity contribution in [1.82, 2.24) is 4.98 Å². The summed E-state index contributed by atoms with van der Waals surface area (Å²) in [6.07, 6.45) is 0.963. The Morgan fingerprint density at radius 2 is 1.92 bits per heavy atom. The molecular weight excluding hydrogens is 348 g/mol. The van der Waals surface area contributed by atoms with E-state index in [0.717, 1.165) is 15.8 Å². The van der Waals surface area contributed by atoms with Crippen molar-refractivity contribution in [3.05, 3.63) is 53.6 Å². The largest absolute Gasteiger partial charge is 0.494 e. The van der Waals surface area contributed by atoms with Gasteiger partial charge in [0.2, 0.25) is 5.91 Å². The number of thiazole rings is 1. The molecule has 0 unspecified atom stereocenters. The Labute approximate surface area is 156 Å². The number of amides is 1. The van der Waals surface area contributed by atoms with Crippen LogP contribution in [0.15, 0.2) is 42.5 Å². The first-order valence-corrected chi connectivity index (χ1v) is 9.24. The lowest BCUT2D eigenvalue weighted by atomic mass is 10.1. The molecule has 0 aliphatic carbocycles. The van der Waals surface area contributed by atoms with Crippen LogP contribution in [0.5, 0.6) is 5.75 Å². The summed E-state index contributed by atoms with van der Waals surface area (Å²) in [5, 5.41) is 3.48. The predicted octanol–water partition coefficient (Wildman–Crippen LogP) is 4.61. The molecule has 3 aromatic rings. The van der Waals surface area contributed by atoms with Crippen LogP contribution >= 0.6 is 11.3 Å². The van der Waals surface area contributed by atoms with Gasteiger partial charge in [-0.2, -0.15) is 0 Å². The first-order valence-electron chi connectivity index (χ1n) is 8.43. The molecule has 1 N–H and O–H groups in total. The van der Waals surface area contributed by atoms with Crippen molar-refractivity contribution in [2.75, 3.05) is 11.9 Å². The number of nitrogens with zero attached hydrogens (tertiary/aromatic N) is 1. The highest BCUT2D eigenvalue weighted by molar-refractivity contribution is 7.22. The van der Waals surface area contributed by atoms with Gasteiger partial charge in [-0.15, -0.1) is 0 Å². The molecule has 1 amide bonds. The molecule has 0 radical (unpaired) electrons. The average Bonchev–Trinajstić information content (AvgIpc) is 3.03. The van der Waals surface area contributed by atoms with E-state index < -0.39 is 0 Å². The lowest BCUT2D eigenvalue weighted by Crippen LogP contribution is -2.12. The van der Waals surface area contributed by atoms with Crippen molar-refractivity contribution in [2.45, 2.75) is 26.7 Å². The highest BCUT2D eigenvalue weighted by atomic mass is 32.1. The molecule has 0 saturated heterocycles. The van der Waals surface area contributed by atoms with Gasteiger partial charge in [-0.25, -0.2) is 4.98 Å². The van der Waals surface area contributed by atoms with E-state index in [1.807, 2.05) is 25.1 Å². The normalized spacial score (nSPS) is 10.7. The fourth-order valence-corrected chi connectivity index (χ4v) is 3.49. The fraction of sp³-hybridized carbons (Fsp3) is 0.250. The van der Waals surface area contributed by atoms with Crippen molar-refractivity contribution in [2.24, 2.45) is 0 Å². The number of carbonyl (C=O) groups excluding carboxylic acids is 2. The zero-order chi connectivity index (χ0) is 18.5. The van der Waals surface area contributed by atoms with E-state index in [1.54, 1.807) is 24.3 Å². The number of carbonyl (C=O) groups is 2. The van der Waals surface area contributed by atoms with Crippen molar-refractivity contribution < 1.29 is 14.3 Å². The molecule has 0 aliphatic rings. The Bertz CT molecular complexity index is 932. The van der Waals surface area contributed by atoms with Crippen LogP contribution in [-0.2, 0) is 4.79 Å². The summed E-state index contributed by atoms with van der Waals surface area (Å²) in [7, 11) is 0. The van der Waals surface area contributed by atoms with Crippen molar-refractivity contribution in [3.8, 4) is 5.75 Å². The summed E-state index contributed by atoms with van der Waals surface area (Å²) in [6.45, 7) is 3.97. The molecule has 1 heterocycles. The van der Waals surface area contributed by atoms with E-state index in [9.17, 15) is 9.59 Å². The second-order valence-electron chi connectivity index (χ2n) is 6.02. The van der Waals surface area contributed by atoms with Crippen LogP contribution in [0.4, 0.5) is 5.13 Å². The molecule has 0 saturated carbocycles. The van der Waals surface area contributed by atoms with Crippen LogP contribution in [0.25, 0.3) is 10.2 Å². The smallest absolute Gasteiger partial charge is 0.226 e. The molecule has 0 atom stereocenters. The molecule has 26 heavy (non-hydrogen) atoms. The molecule has 2 aromatic carbocycles. The third-order valence-electron chi connectivity index (χ3n) is 3.94. The summed E-state index contributed by atoms with van der Waals surface area (Å²) >= 11 is 1.48. The van der Waals surface area contributed by atoms with Gasteiger partial charge in [0.25, 0.3) is 0 Å². The molecule has 0 fully saturated rings. The van der Waals surface area contributed by atoms with Crippen LogP contribution in [0.3, 0.4) is 0 Å². The maximum atomic E-state index is 12.1. The first-order chi connectivity index (χ1) is 12.5. The van der Waals surface area contributed by atoms with Crippen molar-refractivity contribution >= 4 is 38.4 Å². The van der Waals surface area contributed by atoms with E-state index in [1.165, 1.54) is 18.3 Å². The van der Waals surface area contributed by atoms with Crippen LogP contribution in [0.1, 0.15) is 35.7 Å². The van der Waals surface area contributed by atoms with Gasteiger partial charge < -0.3 is 10.1 Å². The van der Waals surface area contributed by atoms with Crippen LogP contribution in [-0.4, -0.2) is 23.3 Å². The number of nitrogens with one attached hydrogen (secondary N) is 1. The van der Waals surface area contributed by atoms with E-state index in [4.69, 9.17) is 4.74 Å². The van der Waals surface area contributed by atoms with Gasteiger partial charge in [-0.3, -0.25) is 9.59 Å². The highest BCUT2D eigenvalue weighted by Crippen LogP contribution is 2.27. The third kappa shape index (κ3) is 4.46. The van der Waals surface area contributed by atoms with Crippen molar-refractivity contribution in [3.63, 3.8) is 0 Å². The molecular formula is C20H20N2O3S. The maximum absolute atomic E-state index is 12.1. The fourth-order valence-electron chi connectivity index (χ4n) is 2.53. The number of ether oxygens (including phenoxy) is 1. The van der Waals surface area contributed by atoms with Gasteiger partial charge in [-0.05, 0) is 56.2 Å². The zero-order valence-electron chi connectivity index (χ0n) is 14.7. The number of fused-ring (bicyclic) bond motifs is 1. The number of anilines is 1. The number of benzene rings is 2. The number of ketones is 1. The SMILES string of the molecule is CC(=O)c1ccc(OCCCC(=O)Nc2nc3c(C)cccc3s2)cc1. The summed E-state index contributed by atoms with van der Waals surface area (Å²) in [6, 6.07) is 13.0. The molecule has 6 heteroatoms. The Morgan fingerprint density at radius 1 is 1.15 bits per heavy atom. The monoisotopic (exact) mass is 368 g/mol. The summed E-state index contributed by atoms with van der Waals surface area (Å²) in [4.78, 5) is 27.8. The molecule has 0 aliphatic heterocycles. The maximum Gasteiger partial charge on any atom is 0.226 e. The van der Waals surface area contributed by atoms with Gasteiger partial charge >= 0.3 is 0 Å². The number of Topliss-reactive ketones (excluding diaryl/α,β-unsaturated/α-hetero) is 1. The Balaban J connectivity index is 1.45. The molecule has 1 aromatic heterocycles. The average molecular weight is 368 g/mol. The predicted molar refractivity (Wildman–Crippen MR) is 104 cm³/mol. The zero-order valence-corrected chi connectivity index (χ0v) is 15.6. The lowest BCUT2D eigenvalue weighted by molar-refractivity contribution is -0.116. The number of rotatable bonds is 7. The highest BCUT2D eigenvalue weighted by Gasteiger charge is 2.09. The molecule has 134 valence electrons. The van der Waals surface area contributed by atoms with Crippen LogP contribution < -0.4 is 10.1 Å². The molecule has 0 bridgehead atoms. The van der Waals surface area contributed by atoms with Crippen molar-refractivity contribution in [1.29, 1.82) is 0 Å². The van der Waals surface area contributed by atoms with Gasteiger partial charge in [0.15, 0.2) is 10.9 Å². The number of hydrogen-bond acceptors (Lipinski definition) is 5. The summed E-state index contributed by atoms with van der Waals surface area (Å²) in [5.41, 5.74) is 2.69. The van der Waals surface area contributed by atoms with Crippen LogP contribution in [0.2, 0.25) is 0 Å². The van der Waals surface area contributed by atoms with E-state index in [2.05, 4.69) is 10.3 Å². The third-order valence-corrected chi connectivity index (χ3v) is 4.88. The van der Waals surface area contributed by atoms with Gasteiger partial charge in [0, 0.05) is 12.0 Å². The molecule has 0 spiro atoms. The Hall–Kier alpha value is -2.73. The van der Waals surface area contributed by atoms with Crippen LogP contribution in [0, 0.1) is 6.92 Å². The van der Waals surface area contributed by atoms with Gasteiger partial charge in [0.05, 0.1) is 16.8 Å². The van der Waals surface area contributed by atoms with E-state index >= 15 is 0 Å². The topological polar surface area (TPSA) is 68.3 Å². The van der Waals surface area contributed by atoms with E-state index in [0.29, 0.717) is 35.9 Å². The molecule has 5 nitrogen and oxygen atoms in total. The summed E-state index contributed by atoms with van der Waals surface area (Å²) < 4.78 is 6.67. The lowest BCUT2D eigenvalue weighted by Gasteiger charge is -2.06. The van der Waals surface area contributed by atoms with Gasteiger partial charge in [-0.1, -0.05) is 23.5 Å². The minimum Gasteiger partial charge on any atom is -0.494 e. The first kappa shape index (κ1) is 18.1. The number of aromatic nitrogens is 1. The summed E-state index contributed by atoms with van der Waals surface area (Å²) in [5.74, 6) is 0.646. The quantitative estimate of drug-likeness (QED) is 0.489. The number of para-hydroxylation sites is 1. The second-order valence-corrected chi connectivity index (χ2v) is 7.05. The van der Waals surface area contributed by atoms with Gasteiger partial charge in [0.1, 0.15) is 5.75 Å². The standard InChI is InChI=1S/C20H20N2O3S/c1-13-5-3-6-17-19(13)22-20(26-17)21-18(24)7-4-12-25-16-10-8-15(9-11-16)14(2)23/h3,5-6,8-11H,4,7,12H2,1-2H3,(H,21,22,24). The Kier molecular flexibility index (Phi) is 5.63. The Morgan fingerprint density at radius 3 is 2.62 bits per heavy atom. The number of hydrogen-bond donors (Lipinski definition) is 1. The second kappa shape index (κ2) is 8.10. The minimum atomic E-state index is -0.0720. The minimum absolute atomic E-state index is 0.0262.